The molecule has 0 radical (unpaired) electrons. The summed E-state index contributed by atoms with van der Waals surface area (Å²) in [5, 5.41) is 21.0. The number of methoxy groups -OCH3 is 1. The van der Waals surface area contributed by atoms with Crippen LogP contribution in [0.1, 0.15) is 64.9 Å². The zero-order chi connectivity index (χ0) is 23.3. The first-order valence-corrected chi connectivity index (χ1v) is 10.7. The van der Waals surface area contributed by atoms with Gasteiger partial charge in [0.15, 0.2) is 17.3 Å². The van der Waals surface area contributed by atoms with Crippen molar-refractivity contribution in [2.24, 2.45) is 16.7 Å². The average Bonchev–Trinajstić information content (AvgIpc) is 2.59. The predicted octanol–water partition coefficient (Wildman–Crippen LogP) is 4.91. The van der Waals surface area contributed by atoms with Crippen molar-refractivity contribution in [2.45, 2.75) is 59.3 Å². The third-order valence-corrected chi connectivity index (χ3v) is 6.46. The average molecular weight is 449 g/mol. The molecule has 1 unspecified atom stereocenters. The largest absolute Gasteiger partial charge is 0.512 e. The molecular formula is C24H29ClO6. The maximum atomic E-state index is 13.2. The Balaban J connectivity index is 2.24. The van der Waals surface area contributed by atoms with E-state index in [0.717, 1.165) is 0 Å². The lowest BCUT2D eigenvalue weighted by Crippen LogP contribution is -2.43. The molecule has 0 aromatic heterocycles. The van der Waals surface area contributed by atoms with Crippen LogP contribution in [0.15, 0.2) is 23.5 Å². The van der Waals surface area contributed by atoms with E-state index in [2.05, 4.69) is 0 Å². The van der Waals surface area contributed by atoms with Crippen molar-refractivity contribution in [3.63, 3.8) is 0 Å². The fourth-order valence-corrected chi connectivity index (χ4v) is 5.11. The number of halogens is 1. The van der Waals surface area contributed by atoms with E-state index in [1.54, 1.807) is 0 Å². The van der Waals surface area contributed by atoms with Gasteiger partial charge in [0.1, 0.15) is 17.3 Å². The van der Waals surface area contributed by atoms with E-state index in [9.17, 15) is 24.6 Å². The molecule has 0 aliphatic heterocycles. The summed E-state index contributed by atoms with van der Waals surface area (Å²) in [7, 11) is 1.36. The van der Waals surface area contributed by atoms with E-state index in [4.69, 9.17) is 16.3 Å². The van der Waals surface area contributed by atoms with Gasteiger partial charge < -0.3 is 14.9 Å². The van der Waals surface area contributed by atoms with E-state index in [0.29, 0.717) is 5.56 Å². The van der Waals surface area contributed by atoms with Crippen LogP contribution in [-0.4, -0.2) is 34.7 Å². The molecule has 0 bridgehead atoms. The molecule has 2 N–H and O–H groups in total. The van der Waals surface area contributed by atoms with E-state index in [1.807, 2.05) is 27.7 Å². The van der Waals surface area contributed by atoms with Crippen molar-refractivity contribution in [1.29, 1.82) is 0 Å². The molecule has 1 saturated carbocycles. The van der Waals surface area contributed by atoms with Crippen LogP contribution >= 0.6 is 11.6 Å². The predicted molar refractivity (Wildman–Crippen MR) is 117 cm³/mol. The standard InChI is InChI=1S/C24H29ClO6/c1-23(2)8-14(26)20(15(27)9-23)19(12-6-13(25)22(30)18(7-12)31-5)21-16(28)10-24(3,4)11-17(21)29/h6-7,19-20,28,30H,8-11H2,1-5H3. The highest BCUT2D eigenvalue weighted by Gasteiger charge is 2.48. The Morgan fingerprint density at radius 2 is 1.52 bits per heavy atom. The molecule has 0 heterocycles. The highest BCUT2D eigenvalue weighted by atomic mass is 35.5. The maximum Gasteiger partial charge on any atom is 0.176 e. The molecule has 1 aromatic carbocycles. The van der Waals surface area contributed by atoms with E-state index in [-0.39, 0.29) is 70.9 Å². The van der Waals surface area contributed by atoms with Gasteiger partial charge in [-0.05, 0) is 28.5 Å². The first-order valence-electron chi connectivity index (χ1n) is 10.3. The van der Waals surface area contributed by atoms with E-state index >= 15 is 0 Å². The van der Waals surface area contributed by atoms with Crippen LogP contribution in [0.5, 0.6) is 11.5 Å². The molecule has 7 heteroatoms. The smallest absolute Gasteiger partial charge is 0.176 e. The number of Topliss-reactive ketones (excluding diaryl/α,β-unsaturated/α-hetero) is 3. The minimum atomic E-state index is -1.11. The fourth-order valence-electron chi connectivity index (χ4n) is 4.89. The van der Waals surface area contributed by atoms with Gasteiger partial charge in [0, 0.05) is 37.2 Å². The summed E-state index contributed by atoms with van der Waals surface area (Å²) >= 11 is 6.19. The number of aromatic hydroxyl groups is 1. The third-order valence-electron chi connectivity index (χ3n) is 6.17. The van der Waals surface area contributed by atoms with Crippen LogP contribution in [0.2, 0.25) is 5.02 Å². The minimum absolute atomic E-state index is 0.0286. The van der Waals surface area contributed by atoms with Gasteiger partial charge in [0.05, 0.1) is 18.1 Å². The van der Waals surface area contributed by atoms with E-state index < -0.39 is 22.7 Å². The zero-order valence-corrected chi connectivity index (χ0v) is 19.3. The lowest BCUT2D eigenvalue weighted by molar-refractivity contribution is -0.140. The highest BCUT2D eigenvalue weighted by Crippen LogP contribution is 2.49. The summed E-state index contributed by atoms with van der Waals surface area (Å²) < 4.78 is 5.20. The van der Waals surface area contributed by atoms with Crippen molar-refractivity contribution >= 4 is 29.0 Å². The Bertz CT molecular complexity index is 968. The van der Waals surface area contributed by atoms with Crippen molar-refractivity contribution in [1.82, 2.24) is 0 Å². The number of aliphatic hydroxyl groups is 1. The third kappa shape index (κ3) is 4.49. The quantitative estimate of drug-likeness (QED) is 0.634. The molecule has 2 aliphatic rings. The topological polar surface area (TPSA) is 101 Å². The summed E-state index contributed by atoms with van der Waals surface area (Å²) in [6, 6.07) is 2.90. The summed E-state index contributed by atoms with van der Waals surface area (Å²) in [6.45, 7) is 7.48. The van der Waals surface area contributed by atoms with E-state index in [1.165, 1.54) is 19.2 Å². The Hall–Kier alpha value is -2.34. The summed E-state index contributed by atoms with van der Waals surface area (Å²) in [5.74, 6) is -3.27. The molecule has 0 saturated heterocycles. The Morgan fingerprint density at radius 3 is 2.03 bits per heavy atom. The number of carbonyl (C=O) groups excluding carboxylic acids is 3. The normalized spacial score (nSPS) is 22.6. The fraction of sp³-hybridized carbons (Fsp3) is 0.542. The number of phenolic OH excluding ortho intramolecular Hbond substituents is 1. The number of carbonyl (C=O) groups is 3. The Kier molecular flexibility index (Phi) is 6.00. The second-order valence-corrected chi connectivity index (χ2v) is 10.7. The van der Waals surface area contributed by atoms with Crippen LogP contribution in [-0.2, 0) is 14.4 Å². The molecule has 1 fully saturated rings. The molecule has 2 aliphatic carbocycles. The number of allylic oxidation sites excluding steroid dienone is 2. The summed E-state index contributed by atoms with van der Waals surface area (Å²) in [4.78, 5) is 39.5. The molecule has 168 valence electrons. The molecule has 1 aromatic rings. The molecule has 3 rings (SSSR count). The van der Waals surface area contributed by atoms with Crippen molar-refractivity contribution < 1.29 is 29.3 Å². The molecule has 0 spiro atoms. The lowest BCUT2D eigenvalue weighted by atomic mass is 9.62. The van der Waals surface area contributed by atoms with Gasteiger partial charge in [-0.1, -0.05) is 39.3 Å². The molecule has 6 nitrogen and oxygen atoms in total. The monoisotopic (exact) mass is 448 g/mol. The molecule has 31 heavy (non-hydrogen) atoms. The highest BCUT2D eigenvalue weighted by molar-refractivity contribution is 6.32. The number of hydrogen-bond donors (Lipinski definition) is 2. The lowest BCUT2D eigenvalue weighted by Gasteiger charge is -2.39. The van der Waals surface area contributed by atoms with Gasteiger partial charge in [0.2, 0.25) is 0 Å². The number of ether oxygens (including phenoxy) is 1. The Morgan fingerprint density at radius 1 is 0.968 bits per heavy atom. The van der Waals surface area contributed by atoms with Gasteiger partial charge in [-0.3, -0.25) is 14.4 Å². The second-order valence-electron chi connectivity index (χ2n) is 10.3. The summed E-state index contributed by atoms with van der Waals surface area (Å²) in [6.07, 6.45) is 0.827. The SMILES string of the molecule is COc1cc(C(C2=C(O)CC(C)(C)CC2=O)C2C(=O)CC(C)(C)CC2=O)cc(Cl)c1O. The van der Waals surface area contributed by atoms with Crippen molar-refractivity contribution in [2.75, 3.05) is 7.11 Å². The van der Waals surface area contributed by atoms with Gasteiger partial charge in [-0.25, -0.2) is 0 Å². The zero-order valence-electron chi connectivity index (χ0n) is 18.5. The molecule has 0 amide bonds. The van der Waals surface area contributed by atoms with Crippen LogP contribution in [0, 0.1) is 16.7 Å². The van der Waals surface area contributed by atoms with Crippen LogP contribution in [0.25, 0.3) is 0 Å². The van der Waals surface area contributed by atoms with Gasteiger partial charge in [-0.15, -0.1) is 0 Å². The number of ketones is 3. The molecular weight excluding hydrogens is 420 g/mol. The van der Waals surface area contributed by atoms with Gasteiger partial charge in [0.25, 0.3) is 0 Å². The number of aliphatic hydroxyl groups excluding tert-OH is 1. The van der Waals surface area contributed by atoms with Crippen LogP contribution in [0.3, 0.4) is 0 Å². The van der Waals surface area contributed by atoms with Crippen LogP contribution < -0.4 is 4.74 Å². The van der Waals surface area contributed by atoms with Crippen molar-refractivity contribution in [3.8, 4) is 11.5 Å². The van der Waals surface area contributed by atoms with Crippen LogP contribution in [0.4, 0.5) is 0 Å². The first-order chi connectivity index (χ1) is 14.3. The van der Waals surface area contributed by atoms with Gasteiger partial charge >= 0.3 is 0 Å². The Labute approximate surface area is 187 Å². The molecule has 1 atom stereocenters. The first kappa shape index (κ1) is 23.3. The second kappa shape index (κ2) is 7.97. The minimum Gasteiger partial charge on any atom is -0.512 e. The van der Waals surface area contributed by atoms with Gasteiger partial charge in [-0.2, -0.15) is 0 Å². The number of hydrogen-bond acceptors (Lipinski definition) is 6. The summed E-state index contributed by atoms with van der Waals surface area (Å²) in [5.41, 5.74) is -0.438. The number of benzene rings is 1. The number of rotatable bonds is 4. The number of phenols is 1. The van der Waals surface area contributed by atoms with Crippen molar-refractivity contribution in [3.05, 3.63) is 34.1 Å². The maximum absolute atomic E-state index is 13.2.